The summed E-state index contributed by atoms with van der Waals surface area (Å²) in [6, 6.07) is 6.11. The third-order valence-corrected chi connectivity index (χ3v) is 5.58. The molecule has 1 aliphatic rings. The summed E-state index contributed by atoms with van der Waals surface area (Å²) in [6.07, 6.45) is 4.64. The lowest BCUT2D eigenvalue weighted by Crippen LogP contribution is -2.36. The number of carbonyl (C=O) groups is 1. The zero-order valence-electron chi connectivity index (χ0n) is 21.3. The molecule has 0 aliphatic carbocycles. The van der Waals surface area contributed by atoms with Crippen LogP contribution in [-0.2, 0) is 10.7 Å². The Bertz CT molecular complexity index is 1190. The second-order valence-electron chi connectivity index (χ2n) is 8.58. The summed E-state index contributed by atoms with van der Waals surface area (Å²) in [6.45, 7) is 10.8. The monoisotopic (exact) mass is 514 g/mol. The first-order valence-corrected chi connectivity index (χ1v) is 11.9. The highest BCUT2D eigenvalue weighted by Gasteiger charge is 2.27. The van der Waals surface area contributed by atoms with Crippen molar-refractivity contribution in [2.45, 2.75) is 26.7 Å². The summed E-state index contributed by atoms with van der Waals surface area (Å²) >= 11 is 0. The van der Waals surface area contributed by atoms with Crippen molar-refractivity contribution in [1.82, 2.24) is 15.3 Å². The zero-order valence-corrected chi connectivity index (χ0v) is 21.3. The second kappa shape index (κ2) is 12.6. The minimum Gasteiger partial charge on any atom is -0.475 e. The Morgan fingerprint density at radius 3 is 2.65 bits per heavy atom. The molecule has 2 aromatic rings. The van der Waals surface area contributed by atoms with Gasteiger partial charge in [0.1, 0.15) is 18.1 Å². The molecule has 0 spiro atoms. The van der Waals surface area contributed by atoms with E-state index in [1.54, 1.807) is 25.1 Å². The minimum absolute atomic E-state index is 0.0642. The van der Waals surface area contributed by atoms with Gasteiger partial charge < -0.3 is 24.8 Å². The smallest absolute Gasteiger partial charge is 0.286 e. The van der Waals surface area contributed by atoms with Crippen LogP contribution < -0.4 is 15.0 Å². The van der Waals surface area contributed by atoms with E-state index >= 15 is 0 Å². The van der Waals surface area contributed by atoms with Gasteiger partial charge in [-0.25, -0.2) is 0 Å². The Labute approximate surface area is 215 Å². The number of rotatable bonds is 10. The van der Waals surface area contributed by atoms with Crippen LogP contribution in [0.2, 0.25) is 0 Å². The number of pyridine rings is 2. The first-order chi connectivity index (χ1) is 17.6. The molecule has 2 N–H and O–H groups in total. The van der Waals surface area contributed by atoms with Crippen molar-refractivity contribution in [2.24, 2.45) is 0 Å². The fourth-order valence-corrected chi connectivity index (χ4v) is 3.64. The number of morpholine rings is 1. The van der Waals surface area contributed by atoms with Gasteiger partial charge in [-0.05, 0) is 49.3 Å². The third kappa shape index (κ3) is 7.68. The summed E-state index contributed by atoms with van der Waals surface area (Å²) in [5.74, 6) is -2.68. The molecule has 37 heavy (non-hydrogen) atoms. The summed E-state index contributed by atoms with van der Waals surface area (Å²) < 4.78 is 38.4. The first kappa shape index (κ1) is 27.9. The molecule has 1 amide bonds. The molecule has 3 heterocycles. The van der Waals surface area contributed by atoms with E-state index in [1.165, 1.54) is 12.3 Å². The van der Waals surface area contributed by atoms with Gasteiger partial charge >= 0.3 is 0 Å². The molecule has 0 aromatic carbocycles. The molecule has 3 rings (SSSR count). The molecule has 0 unspecified atom stereocenters. The number of carbonyl (C=O) groups excluding carboxylic acids is 1. The summed E-state index contributed by atoms with van der Waals surface area (Å²) in [7, 11) is 0. The molecule has 0 atom stereocenters. The van der Waals surface area contributed by atoms with Gasteiger partial charge in [0.15, 0.2) is 0 Å². The molecule has 198 valence electrons. The van der Waals surface area contributed by atoms with Crippen LogP contribution in [0, 0.1) is 0 Å². The van der Waals surface area contributed by atoms with Crippen molar-refractivity contribution in [3.05, 3.63) is 77.3 Å². The van der Waals surface area contributed by atoms with Gasteiger partial charge in [-0.15, -0.1) is 0 Å². The van der Waals surface area contributed by atoms with Crippen LogP contribution in [0.5, 0.6) is 5.88 Å². The summed E-state index contributed by atoms with van der Waals surface area (Å²) in [5.41, 5.74) is 2.22. The van der Waals surface area contributed by atoms with Crippen molar-refractivity contribution in [3.8, 4) is 5.88 Å². The summed E-state index contributed by atoms with van der Waals surface area (Å²) in [4.78, 5) is 23.2. The van der Waals surface area contributed by atoms with Crippen molar-refractivity contribution < 1.29 is 28.2 Å². The molecule has 0 saturated carbocycles. The topological polar surface area (TPSA) is 96.8 Å². The van der Waals surface area contributed by atoms with Crippen molar-refractivity contribution in [1.29, 1.82) is 0 Å². The van der Waals surface area contributed by atoms with Gasteiger partial charge in [-0.2, -0.15) is 13.8 Å². The Kier molecular flexibility index (Phi) is 9.48. The average Bonchev–Trinajstić information content (AvgIpc) is 2.89. The third-order valence-electron chi connectivity index (χ3n) is 5.58. The highest BCUT2D eigenvalue weighted by Crippen LogP contribution is 2.30. The molecule has 0 radical (unpaired) electrons. The van der Waals surface area contributed by atoms with Gasteiger partial charge in [0.25, 0.3) is 11.8 Å². The molecule has 2 aromatic heterocycles. The molecule has 1 fully saturated rings. The number of nitrogens with zero attached hydrogens (tertiary/aromatic N) is 3. The number of hydrogen-bond donors (Lipinski definition) is 2. The van der Waals surface area contributed by atoms with Crippen LogP contribution in [0.25, 0.3) is 5.57 Å². The molecular formula is C27H32F2N4O4. The van der Waals surface area contributed by atoms with E-state index in [0.29, 0.717) is 43.7 Å². The fourth-order valence-electron chi connectivity index (χ4n) is 3.64. The van der Waals surface area contributed by atoms with E-state index in [9.17, 15) is 18.7 Å². The number of allylic oxidation sites excluding steroid dienone is 4. The van der Waals surface area contributed by atoms with Crippen LogP contribution >= 0.6 is 0 Å². The van der Waals surface area contributed by atoms with Gasteiger partial charge in [0, 0.05) is 43.5 Å². The lowest BCUT2D eigenvalue weighted by molar-refractivity contribution is 0.0127. The van der Waals surface area contributed by atoms with Crippen LogP contribution in [0.4, 0.5) is 14.6 Å². The lowest BCUT2D eigenvalue weighted by Gasteiger charge is -2.28. The standard InChI is InChI=1S/C27H32F2N4O4/c1-5-21(31-26(35)19-6-7-30-23(14-19)27(4,28)29)17-22(18(2)3)20-15-24(33-8-11-36-12-9-33)32-25(16-20)37-13-10-34/h5-7,14-17,34H,2,8-13H2,1,3-4H3,(H,31,35)/b21-5?,22-17+. The number of amides is 1. The fraction of sp³-hybridized carbons (Fsp3) is 0.370. The average molecular weight is 515 g/mol. The Morgan fingerprint density at radius 1 is 1.30 bits per heavy atom. The van der Waals surface area contributed by atoms with E-state index in [0.717, 1.165) is 29.7 Å². The predicted molar refractivity (Wildman–Crippen MR) is 138 cm³/mol. The van der Waals surface area contributed by atoms with E-state index in [2.05, 4.69) is 26.8 Å². The number of hydrogen-bond acceptors (Lipinski definition) is 7. The van der Waals surface area contributed by atoms with Crippen LogP contribution in [-0.4, -0.2) is 60.5 Å². The largest absolute Gasteiger partial charge is 0.475 e. The highest BCUT2D eigenvalue weighted by atomic mass is 19.3. The molecular weight excluding hydrogens is 482 g/mol. The van der Waals surface area contributed by atoms with E-state index in [-0.39, 0.29) is 18.8 Å². The molecule has 1 saturated heterocycles. The van der Waals surface area contributed by atoms with E-state index in [4.69, 9.17) is 9.47 Å². The maximum Gasteiger partial charge on any atom is 0.286 e. The number of alkyl halides is 2. The molecule has 10 heteroatoms. The molecule has 1 aliphatic heterocycles. The number of aliphatic hydroxyl groups excluding tert-OH is 1. The zero-order chi connectivity index (χ0) is 27.0. The second-order valence-corrected chi connectivity index (χ2v) is 8.58. The molecule has 8 nitrogen and oxygen atoms in total. The summed E-state index contributed by atoms with van der Waals surface area (Å²) in [5, 5.41) is 12.0. The quantitative estimate of drug-likeness (QED) is 0.461. The number of nitrogens with one attached hydrogen (secondary N) is 1. The number of aliphatic hydroxyl groups is 1. The number of ether oxygens (including phenoxy) is 2. The minimum atomic E-state index is -3.16. The van der Waals surface area contributed by atoms with Crippen molar-refractivity contribution >= 4 is 17.3 Å². The van der Waals surface area contributed by atoms with Crippen molar-refractivity contribution in [3.63, 3.8) is 0 Å². The SMILES string of the molecule is C=C(C)/C(=C\C(=CC)NC(=O)c1ccnc(C(C)(F)F)c1)c1cc(OCCO)nc(N2CCOCC2)c1. The lowest BCUT2D eigenvalue weighted by atomic mass is 9.99. The number of halogens is 2. The normalized spacial score (nSPS) is 14.9. The van der Waals surface area contributed by atoms with Crippen LogP contribution in [0.15, 0.2) is 60.5 Å². The van der Waals surface area contributed by atoms with Crippen LogP contribution in [0.1, 0.15) is 42.4 Å². The maximum atomic E-state index is 13.7. The van der Waals surface area contributed by atoms with Gasteiger partial charge in [-0.3, -0.25) is 9.78 Å². The van der Waals surface area contributed by atoms with Gasteiger partial charge in [-0.1, -0.05) is 18.2 Å². The predicted octanol–water partition coefficient (Wildman–Crippen LogP) is 4.09. The Morgan fingerprint density at radius 2 is 2.03 bits per heavy atom. The molecule has 0 bridgehead atoms. The maximum absolute atomic E-state index is 13.7. The Balaban J connectivity index is 1.94. The Hall–Kier alpha value is -3.63. The number of aromatic nitrogens is 2. The van der Waals surface area contributed by atoms with E-state index < -0.39 is 17.5 Å². The van der Waals surface area contributed by atoms with Gasteiger partial charge in [0.2, 0.25) is 5.88 Å². The van der Waals surface area contributed by atoms with Crippen molar-refractivity contribution in [2.75, 3.05) is 44.4 Å². The highest BCUT2D eigenvalue weighted by molar-refractivity contribution is 5.96. The first-order valence-electron chi connectivity index (χ1n) is 11.9. The van der Waals surface area contributed by atoms with Crippen LogP contribution in [0.3, 0.4) is 0 Å². The van der Waals surface area contributed by atoms with Gasteiger partial charge in [0.05, 0.1) is 19.8 Å². The number of anilines is 1. The van der Waals surface area contributed by atoms with E-state index in [1.807, 2.05) is 13.0 Å².